The summed E-state index contributed by atoms with van der Waals surface area (Å²) in [6.45, 7) is 2.12. The monoisotopic (exact) mass is 484 g/mol. The van der Waals surface area contributed by atoms with Gasteiger partial charge in [0.25, 0.3) is 0 Å². The Morgan fingerprint density at radius 3 is 1.69 bits per heavy atom. The first-order valence-corrected chi connectivity index (χ1v) is 13.1. The highest BCUT2D eigenvalue weighted by molar-refractivity contribution is 7.99. The molecule has 0 saturated heterocycles. The molecule has 176 valence electrons. The maximum absolute atomic E-state index is 12.9. The molecule has 0 aromatic heterocycles. The molecule has 2 heteroatoms. The van der Waals surface area contributed by atoms with Gasteiger partial charge in [0.15, 0.2) is 5.78 Å². The van der Waals surface area contributed by atoms with E-state index in [9.17, 15) is 4.79 Å². The molecule has 0 aliphatic rings. The minimum atomic E-state index is 0.0551. The van der Waals surface area contributed by atoms with Gasteiger partial charge < -0.3 is 0 Å². The Labute approximate surface area is 217 Å². The van der Waals surface area contributed by atoms with E-state index in [0.29, 0.717) is 11.1 Å². The fourth-order valence-electron chi connectivity index (χ4n) is 4.40. The first kappa shape index (κ1) is 23.8. The SMILES string of the molecule is Cc1ccc(CC(c2ccc(Sc3ccccc3)cc2)c2ccc(C(=O)c3ccccc3)cc2)cc1. The van der Waals surface area contributed by atoms with Gasteiger partial charge in [-0.2, -0.15) is 0 Å². The molecule has 36 heavy (non-hydrogen) atoms. The summed E-state index contributed by atoms with van der Waals surface area (Å²) >= 11 is 1.77. The molecule has 0 aliphatic carbocycles. The molecule has 0 heterocycles. The van der Waals surface area contributed by atoms with Crippen molar-refractivity contribution in [1.29, 1.82) is 0 Å². The highest BCUT2D eigenvalue weighted by Gasteiger charge is 2.17. The molecule has 5 aromatic carbocycles. The molecule has 0 N–H and O–H groups in total. The Kier molecular flexibility index (Phi) is 7.44. The van der Waals surface area contributed by atoms with Crippen LogP contribution in [0.4, 0.5) is 0 Å². The number of carbonyl (C=O) groups excluding carboxylic acids is 1. The van der Waals surface area contributed by atoms with E-state index in [1.54, 1.807) is 11.8 Å². The van der Waals surface area contributed by atoms with Crippen LogP contribution in [-0.4, -0.2) is 5.78 Å². The third kappa shape index (κ3) is 5.84. The summed E-state index contributed by atoms with van der Waals surface area (Å²) in [6.07, 6.45) is 0.900. The van der Waals surface area contributed by atoms with Gasteiger partial charge in [-0.05, 0) is 54.3 Å². The van der Waals surface area contributed by atoms with Crippen LogP contribution in [0, 0.1) is 6.92 Å². The van der Waals surface area contributed by atoms with E-state index < -0.39 is 0 Å². The predicted molar refractivity (Wildman–Crippen MR) is 150 cm³/mol. The summed E-state index contributed by atoms with van der Waals surface area (Å²) in [5, 5.41) is 0. The molecular weight excluding hydrogens is 456 g/mol. The van der Waals surface area contributed by atoms with E-state index >= 15 is 0 Å². The molecule has 0 aliphatic heterocycles. The van der Waals surface area contributed by atoms with Crippen molar-refractivity contribution in [2.24, 2.45) is 0 Å². The van der Waals surface area contributed by atoms with E-state index in [0.717, 1.165) is 6.42 Å². The molecule has 0 saturated carbocycles. The Hall–Kier alpha value is -3.88. The Morgan fingerprint density at radius 2 is 1.08 bits per heavy atom. The average molecular weight is 485 g/mol. The molecule has 5 rings (SSSR count). The average Bonchev–Trinajstić information content (AvgIpc) is 2.94. The number of hydrogen-bond acceptors (Lipinski definition) is 2. The van der Waals surface area contributed by atoms with Gasteiger partial charge in [-0.15, -0.1) is 0 Å². The minimum absolute atomic E-state index is 0.0551. The van der Waals surface area contributed by atoms with Gasteiger partial charge in [-0.3, -0.25) is 4.79 Å². The van der Waals surface area contributed by atoms with Gasteiger partial charge in [0.2, 0.25) is 0 Å². The number of rotatable bonds is 8. The molecule has 1 atom stereocenters. The molecule has 0 radical (unpaired) electrons. The van der Waals surface area contributed by atoms with Crippen molar-refractivity contribution in [3.05, 3.63) is 167 Å². The van der Waals surface area contributed by atoms with Crippen molar-refractivity contribution < 1.29 is 4.79 Å². The van der Waals surface area contributed by atoms with Crippen molar-refractivity contribution in [1.82, 2.24) is 0 Å². The van der Waals surface area contributed by atoms with E-state index in [1.807, 2.05) is 48.5 Å². The van der Waals surface area contributed by atoms with Crippen molar-refractivity contribution in [2.45, 2.75) is 29.1 Å². The normalized spacial score (nSPS) is 11.7. The third-order valence-electron chi connectivity index (χ3n) is 6.43. The fraction of sp³-hybridized carbons (Fsp3) is 0.0882. The summed E-state index contributed by atoms with van der Waals surface area (Å²) < 4.78 is 0. The number of aryl methyl sites for hydroxylation is 1. The van der Waals surface area contributed by atoms with Crippen LogP contribution in [0.5, 0.6) is 0 Å². The Balaban J connectivity index is 1.42. The van der Waals surface area contributed by atoms with Gasteiger partial charge in [-0.25, -0.2) is 0 Å². The molecule has 0 amide bonds. The summed E-state index contributed by atoms with van der Waals surface area (Å²) in [5.74, 6) is 0.254. The summed E-state index contributed by atoms with van der Waals surface area (Å²) in [5.41, 5.74) is 6.49. The molecule has 1 nitrogen and oxygen atoms in total. The predicted octanol–water partition coefficient (Wildman–Crippen LogP) is 8.75. The lowest BCUT2D eigenvalue weighted by Crippen LogP contribution is -2.07. The zero-order valence-corrected chi connectivity index (χ0v) is 21.1. The van der Waals surface area contributed by atoms with Crippen LogP contribution in [0.3, 0.4) is 0 Å². The van der Waals surface area contributed by atoms with Crippen LogP contribution < -0.4 is 0 Å². The second-order valence-electron chi connectivity index (χ2n) is 9.04. The van der Waals surface area contributed by atoms with Crippen LogP contribution in [0.1, 0.15) is 44.1 Å². The smallest absolute Gasteiger partial charge is 0.193 e. The van der Waals surface area contributed by atoms with E-state index in [-0.39, 0.29) is 11.7 Å². The lowest BCUT2D eigenvalue weighted by molar-refractivity contribution is 0.103. The zero-order valence-electron chi connectivity index (χ0n) is 20.3. The van der Waals surface area contributed by atoms with E-state index in [1.165, 1.54) is 32.0 Å². The second kappa shape index (κ2) is 11.2. The van der Waals surface area contributed by atoms with Crippen LogP contribution in [0.15, 0.2) is 143 Å². The van der Waals surface area contributed by atoms with Gasteiger partial charge in [0, 0.05) is 26.8 Å². The number of hydrogen-bond donors (Lipinski definition) is 0. The summed E-state index contributed by atoms with van der Waals surface area (Å²) in [4.78, 5) is 15.4. The van der Waals surface area contributed by atoms with Gasteiger partial charge >= 0.3 is 0 Å². The summed E-state index contributed by atoms with van der Waals surface area (Å²) in [6, 6.07) is 45.8. The quantitative estimate of drug-likeness (QED) is 0.205. The largest absolute Gasteiger partial charge is 0.289 e. The van der Waals surface area contributed by atoms with Gasteiger partial charge in [-0.1, -0.05) is 127 Å². The lowest BCUT2D eigenvalue weighted by Gasteiger charge is -2.19. The summed E-state index contributed by atoms with van der Waals surface area (Å²) in [7, 11) is 0. The Morgan fingerprint density at radius 1 is 0.583 bits per heavy atom. The van der Waals surface area contributed by atoms with Crippen molar-refractivity contribution in [3.63, 3.8) is 0 Å². The topological polar surface area (TPSA) is 17.1 Å². The maximum Gasteiger partial charge on any atom is 0.193 e. The molecule has 1 unspecified atom stereocenters. The molecule has 0 bridgehead atoms. The van der Waals surface area contributed by atoms with Crippen molar-refractivity contribution >= 4 is 17.5 Å². The number of benzene rings is 5. The van der Waals surface area contributed by atoms with Crippen LogP contribution >= 0.6 is 11.8 Å². The first-order valence-electron chi connectivity index (χ1n) is 12.2. The van der Waals surface area contributed by atoms with Crippen molar-refractivity contribution in [2.75, 3.05) is 0 Å². The molecular formula is C34H28OS. The Bertz CT molecular complexity index is 1410. The lowest BCUT2D eigenvalue weighted by atomic mass is 9.85. The second-order valence-corrected chi connectivity index (χ2v) is 10.2. The highest BCUT2D eigenvalue weighted by atomic mass is 32.2. The molecule has 5 aromatic rings. The fourth-order valence-corrected chi connectivity index (χ4v) is 5.24. The standard InChI is InChI=1S/C34H28OS/c1-25-12-14-26(15-13-25)24-33(28-20-22-32(23-21-28)36-31-10-6-3-7-11-31)27-16-18-30(19-17-27)34(35)29-8-4-2-5-9-29/h2-23,33H,24H2,1H3. The molecule has 0 spiro atoms. The highest BCUT2D eigenvalue weighted by Crippen LogP contribution is 2.33. The van der Waals surface area contributed by atoms with Crippen LogP contribution in [0.2, 0.25) is 0 Å². The van der Waals surface area contributed by atoms with Gasteiger partial charge in [0.05, 0.1) is 0 Å². The van der Waals surface area contributed by atoms with Crippen LogP contribution in [-0.2, 0) is 6.42 Å². The first-order chi connectivity index (χ1) is 17.7. The molecule has 0 fully saturated rings. The van der Waals surface area contributed by atoms with Crippen LogP contribution in [0.25, 0.3) is 0 Å². The van der Waals surface area contributed by atoms with Gasteiger partial charge in [0.1, 0.15) is 0 Å². The van der Waals surface area contributed by atoms with E-state index in [4.69, 9.17) is 0 Å². The zero-order chi connectivity index (χ0) is 24.7. The maximum atomic E-state index is 12.9. The number of carbonyl (C=O) groups is 1. The minimum Gasteiger partial charge on any atom is -0.289 e. The van der Waals surface area contributed by atoms with E-state index in [2.05, 4.69) is 91.9 Å². The number of ketones is 1. The van der Waals surface area contributed by atoms with Crippen molar-refractivity contribution in [3.8, 4) is 0 Å². The third-order valence-corrected chi connectivity index (χ3v) is 7.45.